The number of hydrogen-bond acceptors (Lipinski definition) is 7. The summed E-state index contributed by atoms with van der Waals surface area (Å²) >= 11 is 0. The Kier molecular flexibility index (Phi) is 12.5. The molecule has 1 aromatic carbocycles. The van der Waals surface area contributed by atoms with Gasteiger partial charge in [-0.2, -0.15) is 0 Å². The molecule has 0 saturated heterocycles. The number of aliphatic hydroxyl groups excluding tert-OH is 1. The van der Waals surface area contributed by atoms with E-state index in [0.717, 1.165) is 10.9 Å². The second-order valence-corrected chi connectivity index (χ2v) is 10.4. The Labute approximate surface area is 238 Å². The van der Waals surface area contributed by atoms with Crippen molar-refractivity contribution in [2.75, 3.05) is 6.54 Å². The molecule has 226 valence electrons. The minimum Gasteiger partial charge on any atom is -0.480 e. The molecule has 3 amide bonds. The van der Waals surface area contributed by atoms with E-state index in [2.05, 4.69) is 25.9 Å². The summed E-state index contributed by atoms with van der Waals surface area (Å²) in [7, 11) is 0. The van der Waals surface area contributed by atoms with Gasteiger partial charge < -0.3 is 48.3 Å². The Morgan fingerprint density at radius 2 is 1.63 bits per heavy atom. The molecule has 1 heterocycles. The lowest BCUT2D eigenvalue weighted by molar-refractivity contribution is -0.142. The third-order valence-electron chi connectivity index (χ3n) is 6.42. The van der Waals surface area contributed by atoms with Gasteiger partial charge in [0, 0.05) is 30.1 Å². The average Bonchev–Trinajstić information content (AvgIpc) is 3.30. The number of hydrogen-bond donors (Lipinski definition) is 9. The molecule has 0 bridgehead atoms. The smallest absolute Gasteiger partial charge is 0.326 e. The van der Waals surface area contributed by atoms with Crippen molar-refractivity contribution in [2.45, 2.75) is 76.7 Å². The second-order valence-electron chi connectivity index (χ2n) is 10.4. The molecule has 0 radical (unpaired) electrons. The topological polar surface area (TPSA) is 251 Å². The second kappa shape index (κ2) is 15.6. The number of aliphatic imine (C=N–C) groups is 1. The zero-order valence-electron chi connectivity index (χ0n) is 23.6. The van der Waals surface area contributed by atoms with Gasteiger partial charge in [-0.05, 0) is 43.7 Å². The number of carbonyl (C=O) groups is 4. The van der Waals surface area contributed by atoms with Gasteiger partial charge in [0.25, 0.3) is 0 Å². The van der Waals surface area contributed by atoms with E-state index in [4.69, 9.17) is 17.2 Å². The number of aliphatic hydroxyl groups is 1. The molecular weight excluding hydrogens is 532 g/mol. The number of guanidine groups is 1. The number of amides is 3. The van der Waals surface area contributed by atoms with Gasteiger partial charge in [-0.25, -0.2) is 4.79 Å². The van der Waals surface area contributed by atoms with Crippen molar-refractivity contribution < 1.29 is 29.4 Å². The van der Waals surface area contributed by atoms with Gasteiger partial charge in [0.05, 0.1) is 12.1 Å². The number of rotatable bonds is 16. The fourth-order valence-electron chi connectivity index (χ4n) is 4.31. The molecule has 1 aromatic heterocycles. The van der Waals surface area contributed by atoms with E-state index >= 15 is 0 Å². The Hall–Kier alpha value is -4.17. The lowest BCUT2D eigenvalue weighted by atomic mass is 10.0. The molecule has 5 unspecified atom stereocenters. The molecule has 14 nitrogen and oxygen atoms in total. The van der Waals surface area contributed by atoms with Crippen molar-refractivity contribution in [1.29, 1.82) is 0 Å². The SMILES string of the molecule is CC(C)CC(N)C(=O)NC(C(=O)NC(CCCN=C(N)N)C(=O)NC(Cc1c[nH]c2ccccc12)C(=O)O)C(C)O. The van der Waals surface area contributed by atoms with Crippen molar-refractivity contribution >= 4 is 40.6 Å². The van der Waals surface area contributed by atoms with Crippen LogP contribution in [0.3, 0.4) is 0 Å². The Balaban J connectivity index is 2.20. The van der Waals surface area contributed by atoms with E-state index in [0.29, 0.717) is 12.0 Å². The third kappa shape index (κ3) is 10.4. The predicted molar refractivity (Wildman–Crippen MR) is 154 cm³/mol. The highest BCUT2D eigenvalue weighted by Gasteiger charge is 2.32. The van der Waals surface area contributed by atoms with Crippen LogP contribution < -0.4 is 33.2 Å². The molecule has 0 fully saturated rings. The van der Waals surface area contributed by atoms with Gasteiger partial charge in [0.15, 0.2) is 5.96 Å². The van der Waals surface area contributed by atoms with Crippen molar-refractivity contribution in [3.63, 3.8) is 0 Å². The maximum Gasteiger partial charge on any atom is 0.326 e. The largest absolute Gasteiger partial charge is 0.480 e. The molecule has 0 spiro atoms. The van der Waals surface area contributed by atoms with Crippen LogP contribution in [0.4, 0.5) is 0 Å². The number of nitrogens with zero attached hydrogens (tertiary/aromatic N) is 1. The van der Waals surface area contributed by atoms with Crippen LogP contribution in [0.5, 0.6) is 0 Å². The third-order valence-corrected chi connectivity index (χ3v) is 6.42. The molecule has 14 heteroatoms. The standard InChI is InChI=1S/C27H42N8O6/c1-14(2)11-18(28)23(37)35-22(15(3)36)25(39)33-20(9-6-10-31-27(29)30)24(38)34-21(26(40)41)12-16-13-32-19-8-5-4-7-17(16)19/h4-5,7-8,13-15,18,20-22,32,36H,6,9-12,28H2,1-3H3,(H,33,39)(H,34,38)(H,35,37)(H,40,41)(H4,29,30,31). The summed E-state index contributed by atoms with van der Waals surface area (Å²) in [6.07, 6.45) is 1.02. The number of aromatic nitrogens is 1. The predicted octanol–water partition coefficient (Wildman–Crippen LogP) is -0.943. The summed E-state index contributed by atoms with van der Waals surface area (Å²) in [5, 5.41) is 28.4. The van der Waals surface area contributed by atoms with E-state index < -0.39 is 54.0 Å². The Bertz CT molecular complexity index is 1220. The number of aromatic amines is 1. The number of nitrogens with two attached hydrogens (primary N) is 3. The normalized spacial score (nSPS) is 14.9. The van der Waals surface area contributed by atoms with E-state index in [1.165, 1.54) is 6.92 Å². The zero-order chi connectivity index (χ0) is 30.7. The minimum absolute atomic E-state index is 0.0140. The molecule has 0 aliphatic carbocycles. The van der Waals surface area contributed by atoms with Crippen LogP contribution >= 0.6 is 0 Å². The van der Waals surface area contributed by atoms with E-state index in [1.807, 2.05) is 38.1 Å². The van der Waals surface area contributed by atoms with Crippen LogP contribution in [0.2, 0.25) is 0 Å². The molecular formula is C27H42N8O6. The van der Waals surface area contributed by atoms with E-state index in [9.17, 15) is 29.4 Å². The summed E-state index contributed by atoms with van der Waals surface area (Å²) in [5.41, 5.74) is 18.1. The molecule has 0 aliphatic rings. The fraction of sp³-hybridized carbons (Fsp3) is 0.519. The summed E-state index contributed by atoms with van der Waals surface area (Å²) in [6, 6.07) is 2.52. The Morgan fingerprint density at radius 1 is 0.976 bits per heavy atom. The first-order valence-corrected chi connectivity index (χ1v) is 13.5. The van der Waals surface area contributed by atoms with Gasteiger partial charge in [-0.1, -0.05) is 32.0 Å². The van der Waals surface area contributed by atoms with Crippen molar-refractivity contribution in [3.05, 3.63) is 36.0 Å². The number of carbonyl (C=O) groups excluding carboxylic acids is 3. The first kappa shape index (κ1) is 33.0. The van der Waals surface area contributed by atoms with Crippen molar-refractivity contribution in [1.82, 2.24) is 20.9 Å². The number of aliphatic carboxylic acids is 1. The molecule has 41 heavy (non-hydrogen) atoms. The average molecular weight is 575 g/mol. The number of carboxylic acids is 1. The summed E-state index contributed by atoms with van der Waals surface area (Å²) in [6.45, 7) is 5.25. The lowest BCUT2D eigenvalue weighted by Crippen LogP contribution is -2.60. The molecule has 0 saturated carbocycles. The fourth-order valence-corrected chi connectivity index (χ4v) is 4.31. The quantitative estimate of drug-likeness (QED) is 0.0680. The van der Waals surface area contributed by atoms with Crippen molar-refractivity contribution in [2.24, 2.45) is 28.1 Å². The van der Waals surface area contributed by atoms with Crippen LogP contribution in [-0.4, -0.2) is 81.7 Å². The van der Waals surface area contributed by atoms with E-state index in [-0.39, 0.29) is 37.7 Å². The number of para-hydroxylation sites is 1. The summed E-state index contributed by atoms with van der Waals surface area (Å²) < 4.78 is 0. The molecule has 0 aliphatic heterocycles. The molecule has 5 atom stereocenters. The molecule has 2 aromatic rings. The minimum atomic E-state index is -1.41. The van der Waals surface area contributed by atoms with Crippen molar-refractivity contribution in [3.8, 4) is 0 Å². The van der Waals surface area contributed by atoms with Gasteiger partial charge >= 0.3 is 5.97 Å². The molecule has 2 rings (SSSR count). The number of nitrogens with one attached hydrogen (secondary N) is 4. The summed E-state index contributed by atoms with van der Waals surface area (Å²) in [4.78, 5) is 58.0. The number of H-pyrrole nitrogens is 1. The van der Waals surface area contributed by atoms with Gasteiger partial charge in [0.1, 0.15) is 18.1 Å². The highest BCUT2D eigenvalue weighted by atomic mass is 16.4. The van der Waals surface area contributed by atoms with E-state index in [1.54, 1.807) is 6.20 Å². The van der Waals surface area contributed by atoms with Crippen LogP contribution in [0.15, 0.2) is 35.5 Å². The highest BCUT2D eigenvalue weighted by Crippen LogP contribution is 2.19. The maximum absolute atomic E-state index is 13.3. The van der Waals surface area contributed by atoms with Crippen LogP contribution in [-0.2, 0) is 25.6 Å². The number of fused-ring (bicyclic) bond motifs is 1. The van der Waals surface area contributed by atoms with Gasteiger partial charge in [-0.15, -0.1) is 0 Å². The van der Waals surface area contributed by atoms with Gasteiger partial charge in [-0.3, -0.25) is 19.4 Å². The summed E-state index contributed by atoms with van der Waals surface area (Å²) in [5.74, 6) is -3.51. The van der Waals surface area contributed by atoms with Crippen LogP contribution in [0, 0.1) is 5.92 Å². The van der Waals surface area contributed by atoms with Crippen LogP contribution in [0.25, 0.3) is 10.9 Å². The zero-order valence-corrected chi connectivity index (χ0v) is 23.6. The number of carboxylic acid groups (broad SMARTS) is 1. The monoisotopic (exact) mass is 574 g/mol. The first-order chi connectivity index (χ1) is 19.3. The number of benzene rings is 1. The Morgan fingerprint density at radius 3 is 2.24 bits per heavy atom. The maximum atomic E-state index is 13.3. The first-order valence-electron chi connectivity index (χ1n) is 13.5. The molecule has 12 N–H and O–H groups in total. The van der Waals surface area contributed by atoms with Crippen LogP contribution in [0.1, 0.15) is 45.6 Å². The van der Waals surface area contributed by atoms with Gasteiger partial charge in [0.2, 0.25) is 17.7 Å². The highest BCUT2D eigenvalue weighted by molar-refractivity contribution is 5.94. The lowest BCUT2D eigenvalue weighted by Gasteiger charge is -2.26.